The topological polar surface area (TPSA) is 112 Å². The zero-order chi connectivity index (χ0) is 29.1. The number of aliphatic hydroxyl groups excluding tert-OH is 1. The van der Waals surface area contributed by atoms with E-state index >= 15 is 0 Å². The van der Waals surface area contributed by atoms with Gasteiger partial charge in [-0.2, -0.15) is 18.4 Å². The summed E-state index contributed by atoms with van der Waals surface area (Å²) in [6.45, 7) is 1.55. The Morgan fingerprint density at radius 2 is 1.88 bits per heavy atom. The number of thiazole rings is 1. The minimum absolute atomic E-state index is 0.00765. The number of nitriles is 1. The quantitative estimate of drug-likeness (QED) is 0.199. The minimum Gasteiger partial charge on any atom is -0.444 e. The molecule has 0 radical (unpaired) electrons. The zero-order valence-electron chi connectivity index (χ0n) is 20.7. The first kappa shape index (κ1) is 29.4. The zero-order valence-corrected chi connectivity index (χ0v) is 23.1. The van der Waals surface area contributed by atoms with Gasteiger partial charge in [0.05, 0.1) is 27.8 Å². The van der Waals surface area contributed by atoms with Crippen molar-refractivity contribution in [2.45, 2.75) is 30.6 Å². The van der Waals surface area contributed by atoms with Crippen molar-refractivity contribution in [3.8, 4) is 28.1 Å². The Bertz CT molecular complexity index is 1670. The largest absolute Gasteiger partial charge is 0.444 e. The molecule has 1 atom stereocenters. The fourth-order valence-electron chi connectivity index (χ4n) is 3.68. The molecule has 1 unspecified atom stereocenters. The van der Waals surface area contributed by atoms with Crippen LogP contribution in [0.25, 0.3) is 11.3 Å². The third kappa shape index (κ3) is 6.92. The summed E-state index contributed by atoms with van der Waals surface area (Å²) in [6, 6.07) is 17.5. The van der Waals surface area contributed by atoms with Crippen molar-refractivity contribution in [1.82, 2.24) is 4.98 Å². The molecule has 4 aromatic rings. The summed E-state index contributed by atoms with van der Waals surface area (Å²) in [6.07, 6.45) is -5.83. The molecule has 0 aliphatic heterocycles. The average molecular weight is 608 g/mol. The second-order valence-electron chi connectivity index (χ2n) is 8.50. The molecule has 0 saturated heterocycles. The van der Waals surface area contributed by atoms with E-state index in [0.29, 0.717) is 16.7 Å². The third-order valence-corrected chi connectivity index (χ3v) is 8.54. The minimum atomic E-state index is -4.74. The van der Waals surface area contributed by atoms with Gasteiger partial charge in [-0.15, -0.1) is 0 Å². The number of sulfone groups is 1. The van der Waals surface area contributed by atoms with Crippen LogP contribution >= 0.6 is 22.9 Å². The molecule has 0 amide bonds. The van der Waals surface area contributed by atoms with Crippen LogP contribution in [-0.2, 0) is 22.4 Å². The molecule has 0 bridgehead atoms. The SMILES string of the molecule is CCS(=O)(=O)c1ccc(CC(O)Nc2nc(-c3cccc(C#N)c3)c(Oc3ccc(Cl)cc3C(F)(F)F)s2)cc1. The van der Waals surface area contributed by atoms with Crippen LogP contribution in [0.5, 0.6) is 10.8 Å². The summed E-state index contributed by atoms with van der Waals surface area (Å²) < 4.78 is 70.8. The summed E-state index contributed by atoms with van der Waals surface area (Å²) in [5, 5.41) is 22.8. The monoisotopic (exact) mass is 607 g/mol. The fraction of sp³-hybridized carbons (Fsp3) is 0.185. The number of benzene rings is 3. The highest BCUT2D eigenvalue weighted by molar-refractivity contribution is 7.91. The molecule has 0 saturated carbocycles. The molecule has 4 rings (SSSR count). The van der Waals surface area contributed by atoms with Crippen molar-refractivity contribution in [3.05, 3.63) is 88.4 Å². The Morgan fingerprint density at radius 1 is 1.15 bits per heavy atom. The van der Waals surface area contributed by atoms with Crippen LogP contribution in [0, 0.1) is 11.3 Å². The number of hydrogen-bond acceptors (Lipinski definition) is 8. The lowest BCUT2D eigenvalue weighted by Gasteiger charge is -2.13. The molecule has 1 heterocycles. The van der Waals surface area contributed by atoms with Crippen molar-refractivity contribution in [2.24, 2.45) is 0 Å². The van der Waals surface area contributed by atoms with E-state index in [1.165, 1.54) is 24.3 Å². The molecule has 0 spiro atoms. The van der Waals surface area contributed by atoms with Gasteiger partial charge < -0.3 is 15.2 Å². The third-order valence-electron chi connectivity index (χ3n) is 5.69. The highest BCUT2D eigenvalue weighted by Crippen LogP contribution is 2.45. The number of halogens is 4. The number of anilines is 1. The lowest BCUT2D eigenvalue weighted by atomic mass is 10.1. The predicted molar refractivity (Wildman–Crippen MR) is 146 cm³/mol. The van der Waals surface area contributed by atoms with E-state index < -0.39 is 33.6 Å². The second-order valence-corrected chi connectivity index (χ2v) is 12.2. The molecule has 1 aromatic heterocycles. The molecule has 2 N–H and O–H groups in total. The predicted octanol–water partition coefficient (Wildman–Crippen LogP) is 6.91. The van der Waals surface area contributed by atoms with E-state index in [4.69, 9.17) is 16.3 Å². The first-order valence-electron chi connectivity index (χ1n) is 11.7. The van der Waals surface area contributed by atoms with E-state index in [1.807, 2.05) is 6.07 Å². The van der Waals surface area contributed by atoms with Crippen molar-refractivity contribution in [3.63, 3.8) is 0 Å². The number of nitrogens with one attached hydrogen (secondary N) is 1. The maximum Gasteiger partial charge on any atom is 0.420 e. The lowest BCUT2D eigenvalue weighted by molar-refractivity contribution is -0.138. The van der Waals surface area contributed by atoms with Crippen molar-refractivity contribution in [2.75, 3.05) is 11.1 Å². The number of alkyl halides is 3. The number of aromatic nitrogens is 1. The Hall–Kier alpha value is -3.63. The van der Waals surface area contributed by atoms with Crippen molar-refractivity contribution < 1.29 is 31.4 Å². The van der Waals surface area contributed by atoms with Crippen molar-refractivity contribution in [1.29, 1.82) is 5.26 Å². The first-order valence-corrected chi connectivity index (χ1v) is 14.6. The molecule has 0 fully saturated rings. The van der Waals surface area contributed by atoms with Gasteiger partial charge in [0.1, 0.15) is 17.7 Å². The molecule has 13 heteroatoms. The Labute approximate surface area is 237 Å². The second kappa shape index (κ2) is 11.9. The van der Waals surface area contributed by atoms with Gasteiger partial charge in [-0.05, 0) is 48.0 Å². The summed E-state index contributed by atoms with van der Waals surface area (Å²) in [7, 11) is -3.36. The number of aliphatic hydroxyl groups is 1. The Morgan fingerprint density at radius 3 is 2.52 bits per heavy atom. The van der Waals surface area contributed by atoms with E-state index in [2.05, 4.69) is 10.3 Å². The molecule has 40 heavy (non-hydrogen) atoms. The van der Waals surface area contributed by atoms with E-state index in [1.54, 1.807) is 37.3 Å². The average Bonchev–Trinajstić information content (AvgIpc) is 3.31. The molecule has 0 aliphatic carbocycles. The normalized spacial score (nSPS) is 12.5. The Balaban J connectivity index is 1.64. The number of nitrogens with zero attached hydrogens (tertiary/aromatic N) is 2. The standard InChI is InChI=1S/C27H21ClF3N3O4S2/c1-2-40(36,37)20-9-6-16(7-10-20)13-23(35)33-26-34-24(18-5-3-4-17(12-18)15-32)25(39-26)38-22-11-8-19(28)14-21(22)27(29,30)31/h3-12,14,23,35H,2,13H2,1H3,(H,33,34). The van der Waals surface area contributed by atoms with Gasteiger partial charge in [-0.1, -0.05) is 54.1 Å². The number of hydrogen-bond donors (Lipinski definition) is 2. The van der Waals surface area contributed by atoms with E-state index in [0.717, 1.165) is 23.5 Å². The Kier molecular flexibility index (Phi) is 8.70. The van der Waals surface area contributed by atoms with Gasteiger partial charge in [-0.3, -0.25) is 0 Å². The summed E-state index contributed by atoms with van der Waals surface area (Å²) in [4.78, 5) is 4.60. The van der Waals surface area contributed by atoms with Gasteiger partial charge in [-0.25, -0.2) is 13.4 Å². The van der Waals surface area contributed by atoms with Crippen LogP contribution in [0.1, 0.15) is 23.6 Å². The maximum absolute atomic E-state index is 13.7. The van der Waals surface area contributed by atoms with Gasteiger partial charge in [0.25, 0.3) is 0 Å². The van der Waals surface area contributed by atoms with Crippen LogP contribution in [-0.4, -0.2) is 30.5 Å². The molecular weight excluding hydrogens is 587 g/mol. The van der Waals surface area contributed by atoms with Crippen LogP contribution in [0.15, 0.2) is 71.6 Å². The smallest absolute Gasteiger partial charge is 0.420 e. The van der Waals surface area contributed by atoms with Gasteiger partial charge in [0.15, 0.2) is 15.0 Å². The summed E-state index contributed by atoms with van der Waals surface area (Å²) in [5.41, 5.74) is 0.452. The van der Waals surface area contributed by atoms with Crippen molar-refractivity contribution >= 4 is 37.9 Å². The molecule has 208 valence electrons. The first-order chi connectivity index (χ1) is 18.9. The number of ether oxygens (including phenoxy) is 1. The highest BCUT2D eigenvalue weighted by Gasteiger charge is 2.35. The lowest BCUT2D eigenvalue weighted by Crippen LogP contribution is -2.21. The van der Waals surface area contributed by atoms with Crippen LogP contribution in [0.2, 0.25) is 5.02 Å². The fourth-order valence-corrected chi connectivity index (χ4v) is 5.64. The van der Waals surface area contributed by atoms with Gasteiger partial charge in [0, 0.05) is 17.0 Å². The van der Waals surface area contributed by atoms with Crippen LogP contribution < -0.4 is 10.1 Å². The molecule has 3 aromatic carbocycles. The van der Waals surface area contributed by atoms with Gasteiger partial charge >= 0.3 is 6.18 Å². The summed E-state index contributed by atoms with van der Waals surface area (Å²) in [5.74, 6) is -0.530. The van der Waals surface area contributed by atoms with E-state index in [-0.39, 0.29) is 38.0 Å². The van der Waals surface area contributed by atoms with Gasteiger partial charge in [0.2, 0.25) is 5.06 Å². The van der Waals surface area contributed by atoms with E-state index in [9.17, 15) is 32.0 Å². The summed E-state index contributed by atoms with van der Waals surface area (Å²) >= 11 is 6.66. The highest BCUT2D eigenvalue weighted by atomic mass is 35.5. The van der Waals surface area contributed by atoms with Crippen LogP contribution in [0.3, 0.4) is 0 Å². The molecule has 7 nitrogen and oxygen atoms in total. The maximum atomic E-state index is 13.7. The molecule has 0 aliphatic rings. The number of rotatable bonds is 9. The molecular formula is C27H21ClF3N3O4S2. The van der Waals surface area contributed by atoms with Crippen LogP contribution in [0.4, 0.5) is 18.3 Å².